The van der Waals surface area contributed by atoms with Crippen LogP contribution in [0.2, 0.25) is 0 Å². The highest BCUT2D eigenvalue weighted by atomic mass is 32.2. The topological polar surface area (TPSA) is 198 Å². The second kappa shape index (κ2) is 21.0. The number of halogens is 2. The molecule has 2 aromatic heterocycles. The number of alkyl halides is 1. The number of hydrogen-bond donors (Lipinski definition) is 1. The van der Waals surface area contributed by atoms with E-state index >= 15 is 4.39 Å². The molecule has 3 aliphatic rings. The number of amides is 1. The van der Waals surface area contributed by atoms with Crippen LogP contribution >= 0.6 is 12.1 Å². The Morgan fingerprint density at radius 3 is 2.31 bits per heavy atom. The molecule has 20 heteroatoms. The van der Waals surface area contributed by atoms with Gasteiger partial charge in [-0.3, -0.25) is 24.5 Å². The zero-order valence-electron chi connectivity index (χ0n) is 37.5. The van der Waals surface area contributed by atoms with E-state index < -0.39 is 83.1 Å². The lowest BCUT2D eigenvalue weighted by molar-refractivity contribution is -0.295. The summed E-state index contributed by atoms with van der Waals surface area (Å²) in [4.78, 5) is 67.9. The summed E-state index contributed by atoms with van der Waals surface area (Å²) in [7, 11) is 5.01. The minimum absolute atomic E-state index is 0.0395. The van der Waals surface area contributed by atoms with Gasteiger partial charge in [-0.25, -0.2) is 18.7 Å². The number of ether oxygens (including phenoxy) is 5. The fourth-order valence-corrected chi connectivity index (χ4v) is 8.85. The van der Waals surface area contributed by atoms with Crippen molar-refractivity contribution in [1.29, 1.82) is 0 Å². The molecule has 0 aliphatic carbocycles. The number of methoxy groups -OCH3 is 1. The molecular weight excluding hydrogens is 833 g/mol. The molecule has 2 aromatic rings. The minimum Gasteiger partial charge on any atom is -0.455 e. The maximum atomic E-state index is 16.9. The number of Topliss-reactive ketones (excluding diaryl/α,β-unsaturated/α-hetero) is 2. The molecule has 1 N–H and O–H groups in total. The van der Waals surface area contributed by atoms with Crippen molar-refractivity contribution < 1.29 is 56.2 Å². The summed E-state index contributed by atoms with van der Waals surface area (Å²) in [6.45, 7) is 12.2. The van der Waals surface area contributed by atoms with Gasteiger partial charge in [-0.15, -0.1) is 5.10 Å². The Bertz CT molecular complexity index is 1930. The van der Waals surface area contributed by atoms with E-state index in [1.165, 1.54) is 43.0 Å². The zero-order valence-corrected chi connectivity index (χ0v) is 38.4. The molecule has 0 bridgehead atoms. The first kappa shape index (κ1) is 50.5. The molecule has 5 heterocycles. The molecule has 344 valence electrons. The minimum atomic E-state index is -3.21. The maximum absolute atomic E-state index is 16.9. The average molecular weight is 894 g/mol. The highest BCUT2D eigenvalue weighted by molar-refractivity contribution is 7.93. The van der Waals surface area contributed by atoms with E-state index in [1.807, 2.05) is 25.9 Å². The molecule has 0 aromatic carbocycles. The van der Waals surface area contributed by atoms with E-state index in [-0.39, 0.29) is 56.0 Å². The second-order valence-corrected chi connectivity index (χ2v) is 17.2. The van der Waals surface area contributed by atoms with Crippen LogP contribution in [0.4, 0.5) is 13.1 Å². The average Bonchev–Trinajstić information content (AvgIpc) is 3.81. The quantitative estimate of drug-likeness (QED) is 0.224. The fraction of sp³-hybridized carbons (Fsp3) is 0.714. The van der Waals surface area contributed by atoms with Gasteiger partial charge >= 0.3 is 12.1 Å². The van der Waals surface area contributed by atoms with Gasteiger partial charge in [-0.05, 0) is 61.1 Å². The fourth-order valence-electron chi connectivity index (χ4n) is 8.85. The number of nitrogens with zero attached hydrogens (tertiary/aromatic N) is 7. The molecule has 13 atom stereocenters. The predicted molar refractivity (Wildman–Crippen MR) is 223 cm³/mol. The molecule has 5 rings (SSSR count). The molecular formula is C42H61F2N7O10S. The standard InChI is InChI=1S/C41H58FN7O10.CH3FS/c1-12-30-41(8)33(49(38(54)59-41)18-14-13-17-48-22-28(45-46-48)27-21-43-15-16-44-27)25(4)31(50)23(2)20-39(6,55-11)35(26(5)34(52)40(7,42)37(53)57-30)58-36-32(51)29(47(9)10)19-24(3)56-36;1-3-2/h15-16,21-26,29-30,32-33,35-36,51H,12,17-20H2,1-11H3;1H3/t23-,24?,25+,26+,29?,30-,32?,33-,35-,36+,39-,40+,41-;/m1./s1. The van der Waals surface area contributed by atoms with Crippen molar-refractivity contribution in [3.05, 3.63) is 24.8 Å². The molecule has 0 spiro atoms. The van der Waals surface area contributed by atoms with Crippen LogP contribution in [0.1, 0.15) is 74.7 Å². The Labute approximate surface area is 366 Å². The number of likely N-dealkylation sites (N-methyl/N-ethyl adjacent to an activating group) is 1. The van der Waals surface area contributed by atoms with Gasteiger partial charge in [0.05, 0.1) is 42.8 Å². The first-order chi connectivity index (χ1) is 29.1. The normalized spacial score (nSPS) is 35.8. The number of aromatic nitrogens is 5. The number of fused-ring (bicyclic) bond motifs is 1. The lowest BCUT2D eigenvalue weighted by Crippen LogP contribution is -2.61. The van der Waals surface area contributed by atoms with Gasteiger partial charge in [0, 0.05) is 61.7 Å². The third-order valence-corrected chi connectivity index (χ3v) is 12.2. The van der Waals surface area contributed by atoms with Gasteiger partial charge < -0.3 is 33.7 Å². The van der Waals surface area contributed by atoms with E-state index in [0.717, 1.165) is 6.92 Å². The highest BCUT2D eigenvalue weighted by Crippen LogP contribution is 2.43. The number of carbonyl (C=O) groups excluding carboxylic acids is 4. The Hall–Kier alpha value is -4.13. The smallest absolute Gasteiger partial charge is 0.411 e. The lowest BCUT2D eigenvalue weighted by Gasteiger charge is -2.47. The molecule has 3 aliphatic heterocycles. The van der Waals surface area contributed by atoms with Crippen molar-refractivity contribution >= 4 is 35.8 Å². The first-order valence-corrected chi connectivity index (χ1v) is 21.7. The SMILES string of the molecule is CC[C@H]1OC(=O)[C@@](C)(F)C(=O)[C@H](C)[C@@H](O[C@@H]2OC(C)CC(N(C)C)C2O)[C@](C)(OC)C[C@@H](C)C(=O)[C@H](C)[C@H]2N(CC#CCn3cc(-c4cnccn4)nn3)C(=O)O[C@]12C.CSF. The molecule has 3 unspecified atom stereocenters. The van der Waals surface area contributed by atoms with Gasteiger partial charge in [0.1, 0.15) is 35.9 Å². The Morgan fingerprint density at radius 1 is 1.05 bits per heavy atom. The Morgan fingerprint density at radius 2 is 1.71 bits per heavy atom. The van der Waals surface area contributed by atoms with Crippen molar-refractivity contribution in [1.82, 2.24) is 34.8 Å². The summed E-state index contributed by atoms with van der Waals surface area (Å²) in [5, 5.41) is 19.6. The molecule has 0 radical (unpaired) electrons. The molecule has 62 heavy (non-hydrogen) atoms. The van der Waals surface area contributed by atoms with E-state index in [4.69, 9.17) is 23.7 Å². The summed E-state index contributed by atoms with van der Waals surface area (Å²) in [6, 6.07) is -1.43. The van der Waals surface area contributed by atoms with E-state index in [0.29, 0.717) is 17.8 Å². The summed E-state index contributed by atoms with van der Waals surface area (Å²) >= 11 is 0.250. The summed E-state index contributed by atoms with van der Waals surface area (Å²) in [5.41, 5.74) is -5.34. The maximum Gasteiger partial charge on any atom is 0.411 e. The third-order valence-electron chi connectivity index (χ3n) is 12.2. The summed E-state index contributed by atoms with van der Waals surface area (Å²) < 4.78 is 58.9. The van der Waals surface area contributed by atoms with Crippen LogP contribution in [0.3, 0.4) is 0 Å². The van der Waals surface area contributed by atoms with Gasteiger partial charge in [0.2, 0.25) is 0 Å². The Balaban J connectivity index is 0.00000273. The van der Waals surface area contributed by atoms with E-state index in [2.05, 4.69) is 32.1 Å². The van der Waals surface area contributed by atoms with Crippen molar-refractivity contribution in [3.8, 4) is 23.2 Å². The van der Waals surface area contributed by atoms with Crippen molar-refractivity contribution in [2.24, 2.45) is 17.8 Å². The van der Waals surface area contributed by atoms with Gasteiger partial charge in [-0.2, -0.15) is 3.89 Å². The monoisotopic (exact) mass is 893 g/mol. The second-order valence-electron chi connectivity index (χ2n) is 16.9. The van der Waals surface area contributed by atoms with Crippen LogP contribution in [0.25, 0.3) is 11.4 Å². The first-order valence-electron chi connectivity index (χ1n) is 20.6. The number of esters is 1. The number of rotatable bonds is 8. The van der Waals surface area contributed by atoms with Crippen LogP contribution < -0.4 is 0 Å². The summed E-state index contributed by atoms with van der Waals surface area (Å²) in [6.07, 6.45) is 1.93. The van der Waals surface area contributed by atoms with Gasteiger partial charge in [0.25, 0.3) is 5.67 Å². The van der Waals surface area contributed by atoms with E-state index in [9.17, 15) is 28.2 Å². The van der Waals surface area contributed by atoms with Crippen LogP contribution in [-0.2, 0) is 44.6 Å². The van der Waals surface area contributed by atoms with Crippen LogP contribution in [-0.4, -0.2) is 157 Å². The molecule has 1 amide bonds. The Kier molecular flexibility index (Phi) is 17.1. The van der Waals surface area contributed by atoms with Crippen molar-refractivity contribution in [2.75, 3.05) is 34.0 Å². The molecule has 3 fully saturated rings. The number of hydrogen-bond acceptors (Lipinski definition) is 16. The molecule has 3 saturated heterocycles. The van der Waals surface area contributed by atoms with Crippen molar-refractivity contribution in [2.45, 2.75) is 141 Å². The molecule has 17 nitrogen and oxygen atoms in total. The number of cyclic esters (lactones) is 1. The summed E-state index contributed by atoms with van der Waals surface area (Å²) in [5.74, 6) is -0.132. The molecule has 0 saturated carbocycles. The van der Waals surface area contributed by atoms with Crippen LogP contribution in [0, 0.1) is 29.6 Å². The zero-order chi connectivity index (χ0) is 46.3. The number of aliphatic hydroxyl groups is 1. The van der Waals surface area contributed by atoms with Gasteiger partial charge in [-0.1, -0.05) is 44.7 Å². The lowest BCUT2D eigenvalue weighted by atomic mass is 9.73. The van der Waals surface area contributed by atoms with Crippen molar-refractivity contribution in [3.63, 3.8) is 0 Å². The largest absolute Gasteiger partial charge is 0.455 e. The van der Waals surface area contributed by atoms with Crippen LogP contribution in [0.5, 0.6) is 0 Å². The van der Waals surface area contributed by atoms with E-state index in [1.54, 1.807) is 46.3 Å². The van der Waals surface area contributed by atoms with Crippen LogP contribution in [0.15, 0.2) is 24.8 Å². The number of carbonyl (C=O) groups is 4. The number of aliphatic hydroxyl groups excluding tert-OH is 1. The third kappa shape index (κ3) is 10.8. The number of ketones is 2. The highest BCUT2D eigenvalue weighted by Gasteiger charge is 2.61. The van der Waals surface area contributed by atoms with Gasteiger partial charge in [0.15, 0.2) is 17.7 Å². The predicted octanol–water partition coefficient (Wildman–Crippen LogP) is 4.27.